The van der Waals surface area contributed by atoms with Gasteiger partial charge in [-0.05, 0) is 12.5 Å². The summed E-state index contributed by atoms with van der Waals surface area (Å²) in [7, 11) is -3.27. The smallest absolute Gasteiger partial charge is 0.250 e. The minimum absolute atomic E-state index is 0.192. The Morgan fingerprint density at radius 1 is 1.69 bits per heavy atom. The van der Waals surface area contributed by atoms with E-state index in [1.165, 1.54) is 6.20 Å². The third-order valence-corrected chi connectivity index (χ3v) is 2.63. The van der Waals surface area contributed by atoms with Crippen molar-refractivity contribution in [1.29, 1.82) is 0 Å². The Morgan fingerprint density at radius 2 is 2.31 bits per heavy atom. The van der Waals surface area contributed by atoms with Gasteiger partial charge >= 0.3 is 0 Å². The molecule has 1 aromatic rings. The molecule has 2 N–H and O–H groups in total. The van der Waals surface area contributed by atoms with Crippen LogP contribution in [0.15, 0.2) is 12.3 Å². The molecule has 0 radical (unpaired) electrons. The quantitative estimate of drug-likeness (QED) is 0.755. The van der Waals surface area contributed by atoms with Crippen molar-refractivity contribution < 1.29 is 8.42 Å². The lowest BCUT2D eigenvalue weighted by Crippen LogP contribution is -2.14. The maximum absolute atomic E-state index is 11.0. The minimum Gasteiger partial charge on any atom is -0.323 e. The van der Waals surface area contributed by atoms with Crippen molar-refractivity contribution >= 4 is 10.0 Å². The van der Waals surface area contributed by atoms with Gasteiger partial charge in [0, 0.05) is 12.2 Å². The number of nitrogens with zero attached hydrogens (tertiary/aromatic N) is 2. The Labute approximate surface area is 77.6 Å². The molecule has 0 saturated carbocycles. The van der Waals surface area contributed by atoms with E-state index in [1.54, 1.807) is 6.07 Å². The van der Waals surface area contributed by atoms with Crippen LogP contribution in [0.1, 0.15) is 25.1 Å². The van der Waals surface area contributed by atoms with Gasteiger partial charge in [0.15, 0.2) is 0 Å². The van der Waals surface area contributed by atoms with Crippen molar-refractivity contribution in [2.45, 2.75) is 19.4 Å². The summed E-state index contributed by atoms with van der Waals surface area (Å²) in [5, 5.41) is 3.86. The summed E-state index contributed by atoms with van der Waals surface area (Å²) in [6.07, 6.45) is 3.24. The van der Waals surface area contributed by atoms with Gasteiger partial charge in [0.05, 0.1) is 11.9 Å². The van der Waals surface area contributed by atoms with E-state index in [0.29, 0.717) is 5.69 Å². The molecule has 0 bridgehead atoms. The number of nitrogens with two attached hydrogens (primary N) is 1. The van der Waals surface area contributed by atoms with E-state index in [0.717, 1.165) is 16.8 Å². The molecule has 0 aliphatic carbocycles. The van der Waals surface area contributed by atoms with Crippen LogP contribution >= 0.6 is 0 Å². The Hall–Kier alpha value is -0.880. The molecular weight excluding hydrogens is 190 g/mol. The fourth-order valence-corrected chi connectivity index (χ4v) is 1.44. The van der Waals surface area contributed by atoms with Gasteiger partial charge < -0.3 is 5.73 Å². The van der Waals surface area contributed by atoms with E-state index in [9.17, 15) is 8.42 Å². The molecule has 5 nitrogen and oxygen atoms in total. The lowest BCUT2D eigenvalue weighted by molar-refractivity contribution is 0.582. The van der Waals surface area contributed by atoms with Gasteiger partial charge in [0.2, 0.25) is 0 Å². The first-order valence-corrected chi connectivity index (χ1v) is 5.81. The fraction of sp³-hybridized carbons (Fsp3) is 0.571. The Kier molecular flexibility index (Phi) is 2.72. The van der Waals surface area contributed by atoms with Crippen molar-refractivity contribution in [2.75, 3.05) is 6.26 Å². The number of aromatic nitrogens is 2. The van der Waals surface area contributed by atoms with Gasteiger partial charge in [-0.25, -0.2) is 8.42 Å². The molecule has 0 aromatic carbocycles. The number of hydrogen-bond acceptors (Lipinski definition) is 4. The monoisotopic (exact) mass is 203 g/mol. The normalized spacial score (nSPS) is 14.4. The van der Waals surface area contributed by atoms with Crippen LogP contribution in [-0.2, 0) is 10.0 Å². The Bertz CT molecular complexity index is 382. The van der Waals surface area contributed by atoms with Crippen LogP contribution in [0, 0.1) is 0 Å². The molecular formula is C7H13N3O2S. The van der Waals surface area contributed by atoms with Gasteiger partial charge in [-0.3, -0.25) is 0 Å². The fourth-order valence-electron chi connectivity index (χ4n) is 0.912. The van der Waals surface area contributed by atoms with E-state index in [-0.39, 0.29) is 6.04 Å². The maximum atomic E-state index is 11.0. The average molecular weight is 203 g/mol. The Morgan fingerprint density at radius 3 is 2.69 bits per heavy atom. The highest BCUT2D eigenvalue weighted by atomic mass is 32.2. The molecule has 1 atom stereocenters. The van der Waals surface area contributed by atoms with Crippen LogP contribution in [0.25, 0.3) is 0 Å². The molecule has 0 amide bonds. The highest BCUT2D eigenvalue weighted by Crippen LogP contribution is 2.10. The van der Waals surface area contributed by atoms with E-state index in [2.05, 4.69) is 5.10 Å². The average Bonchev–Trinajstić information content (AvgIpc) is 2.50. The molecule has 13 heavy (non-hydrogen) atoms. The molecule has 6 heteroatoms. The third-order valence-electron chi connectivity index (χ3n) is 1.75. The van der Waals surface area contributed by atoms with Gasteiger partial charge in [0.25, 0.3) is 10.0 Å². The molecule has 0 unspecified atom stereocenters. The van der Waals surface area contributed by atoms with E-state index in [4.69, 9.17) is 5.73 Å². The maximum Gasteiger partial charge on any atom is 0.250 e. The van der Waals surface area contributed by atoms with Gasteiger partial charge in [-0.15, -0.1) is 0 Å². The molecule has 0 spiro atoms. The van der Waals surface area contributed by atoms with Crippen molar-refractivity contribution in [3.8, 4) is 0 Å². The van der Waals surface area contributed by atoms with Crippen LogP contribution in [0.4, 0.5) is 0 Å². The zero-order valence-corrected chi connectivity index (χ0v) is 8.45. The topological polar surface area (TPSA) is 78.0 Å². The summed E-state index contributed by atoms with van der Waals surface area (Å²) in [6, 6.07) is 1.43. The summed E-state index contributed by atoms with van der Waals surface area (Å²) >= 11 is 0. The second-order valence-corrected chi connectivity index (χ2v) is 4.73. The minimum atomic E-state index is -3.27. The molecule has 1 rings (SSSR count). The van der Waals surface area contributed by atoms with Crippen molar-refractivity contribution in [3.05, 3.63) is 18.0 Å². The van der Waals surface area contributed by atoms with Crippen LogP contribution in [0.2, 0.25) is 0 Å². The first kappa shape index (κ1) is 10.2. The first-order chi connectivity index (χ1) is 5.95. The molecule has 1 heterocycles. The number of rotatable bonds is 3. The van der Waals surface area contributed by atoms with Gasteiger partial charge in [-0.2, -0.15) is 9.19 Å². The van der Waals surface area contributed by atoms with Crippen LogP contribution in [0.3, 0.4) is 0 Å². The highest BCUT2D eigenvalue weighted by molar-refractivity contribution is 7.89. The summed E-state index contributed by atoms with van der Waals surface area (Å²) in [4.78, 5) is 0. The van der Waals surface area contributed by atoms with E-state index >= 15 is 0 Å². The summed E-state index contributed by atoms with van der Waals surface area (Å²) in [5.41, 5.74) is 6.28. The first-order valence-electron chi connectivity index (χ1n) is 3.97. The van der Waals surface area contributed by atoms with Crippen LogP contribution < -0.4 is 5.73 Å². The molecule has 0 fully saturated rings. The molecule has 0 aliphatic heterocycles. The van der Waals surface area contributed by atoms with Gasteiger partial charge in [-0.1, -0.05) is 6.92 Å². The number of hydrogen-bond donors (Lipinski definition) is 1. The van der Waals surface area contributed by atoms with Crippen molar-refractivity contribution in [3.63, 3.8) is 0 Å². The summed E-state index contributed by atoms with van der Waals surface area (Å²) < 4.78 is 23.0. The standard InChI is InChI=1S/C7H13N3O2S/c1-3-6(8)7-4-5-10(9-7)13(2,11)12/h4-6H,3,8H2,1-2H3/t6-/m0/s1. The summed E-state index contributed by atoms with van der Waals surface area (Å²) in [5.74, 6) is 0. The SMILES string of the molecule is CC[C@H](N)c1ccn(S(C)(=O)=O)n1. The largest absolute Gasteiger partial charge is 0.323 e. The lowest BCUT2D eigenvalue weighted by Gasteiger charge is -2.03. The van der Waals surface area contributed by atoms with Gasteiger partial charge in [0.1, 0.15) is 0 Å². The second-order valence-electron chi connectivity index (χ2n) is 2.89. The van der Waals surface area contributed by atoms with Crippen LogP contribution in [-0.4, -0.2) is 23.9 Å². The van der Waals surface area contributed by atoms with Crippen molar-refractivity contribution in [2.24, 2.45) is 5.73 Å². The summed E-state index contributed by atoms with van der Waals surface area (Å²) in [6.45, 7) is 1.92. The lowest BCUT2D eigenvalue weighted by atomic mass is 10.2. The highest BCUT2D eigenvalue weighted by Gasteiger charge is 2.11. The van der Waals surface area contributed by atoms with Crippen molar-refractivity contribution in [1.82, 2.24) is 9.19 Å². The molecule has 74 valence electrons. The van der Waals surface area contributed by atoms with E-state index in [1.807, 2.05) is 6.92 Å². The molecule has 0 aliphatic rings. The molecule has 1 aromatic heterocycles. The van der Waals surface area contributed by atoms with Crippen LogP contribution in [0.5, 0.6) is 0 Å². The zero-order valence-electron chi connectivity index (χ0n) is 7.64. The third kappa shape index (κ3) is 2.28. The Balaban J connectivity index is 3.00. The molecule has 0 saturated heterocycles. The second kappa shape index (κ2) is 3.47. The zero-order chi connectivity index (χ0) is 10.1. The van der Waals surface area contributed by atoms with E-state index < -0.39 is 10.0 Å². The predicted molar refractivity (Wildman–Crippen MR) is 49.7 cm³/mol. The predicted octanol–water partition coefficient (Wildman–Crippen LogP) is 0.101.